The van der Waals surface area contributed by atoms with Crippen LogP contribution in [0.1, 0.15) is 47.7 Å². The second kappa shape index (κ2) is 13.0. The first kappa shape index (κ1) is 29.7. The molecule has 7 nitrogen and oxygen atoms in total. The third-order valence-corrected chi connectivity index (χ3v) is 8.32. The molecule has 5 rings (SSSR count). The number of ether oxygens (including phenoxy) is 1. The molecular formula is C33H33Cl2N3O4. The van der Waals surface area contributed by atoms with E-state index in [1.807, 2.05) is 53.4 Å². The summed E-state index contributed by atoms with van der Waals surface area (Å²) in [4.78, 5) is 45.4. The van der Waals surface area contributed by atoms with E-state index in [4.69, 9.17) is 27.9 Å². The molecule has 42 heavy (non-hydrogen) atoms. The van der Waals surface area contributed by atoms with Gasteiger partial charge in [0.15, 0.2) is 0 Å². The van der Waals surface area contributed by atoms with Crippen LogP contribution in [0.5, 0.6) is 0 Å². The third-order valence-electron chi connectivity index (χ3n) is 7.85. The smallest absolute Gasteiger partial charge is 0.336 e. The van der Waals surface area contributed by atoms with E-state index in [1.165, 1.54) is 0 Å². The summed E-state index contributed by atoms with van der Waals surface area (Å²) in [5.41, 5.74) is 4.33. The van der Waals surface area contributed by atoms with Gasteiger partial charge in [-0.2, -0.15) is 0 Å². The average Bonchev–Trinajstić information content (AvgIpc) is 2.99. The number of rotatable bonds is 7. The lowest BCUT2D eigenvalue weighted by Crippen LogP contribution is -2.48. The van der Waals surface area contributed by atoms with E-state index in [0.717, 1.165) is 29.9 Å². The highest BCUT2D eigenvalue weighted by Crippen LogP contribution is 2.38. The zero-order chi connectivity index (χ0) is 29.8. The van der Waals surface area contributed by atoms with Crippen LogP contribution >= 0.6 is 23.2 Å². The summed E-state index contributed by atoms with van der Waals surface area (Å²) in [5, 5.41) is 1.24. The van der Waals surface area contributed by atoms with Crippen molar-refractivity contribution in [3.63, 3.8) is 0 Å². The van der Waals surface area contributed by atoms with E-state index < -0.39 is 11.9 Å². The van der Waals surface area contributed by atoms with Gasteiger partial charge in [-0.15, -0.1) is 0 Å². The van der Waals surface area contributed by atoms with Crippen molar-refractivity contribution in [1.82, 2.24) is 9.80 Å². The molecule has 0 saturated carbocycles. The van der Waals surface area contributed by atoms with Crippen LogP contribution in [0.4, 0.5) is 5.69 Å². The Balaban J connectivity index is 1.28. The van der Waals surface area contributed by atoms with Gasteiger partial charge in [-0.25, -0.2) is 4.79 Å². The van der Waals surface area contributed by atoms with E-state index in [0.29, 0.717) is 40.0 Å². The summed E-state index contributed by atoms with van der Waals surface area (Å²) in [5.74, 6) is -0.991. The molecule has 3 aromatic rings. The van der Waals surface area contributed by atoms with Crippen molar-refractivity contribution in [2.45, 2.75) is 32.7 Å². The van der Waals surface area contributed by atoms with Crippen LogP contribution in [0.3, 0.4) is 0 Å². The van der Waals surface area contributed by atoms with Crippen molar-refractivity contribution in [3.05, 3.63) is 111 Å². The highest BCUT2D eigenvalue weighted by atomic mass is 35.5. The molecule has 2 aliphatic rings. The summed E-state index contributed by atoms with van der Waals surface area (Å²) >= 11 is 12.4. The third kappa shape index (κ3) is 6.48. The van der Waals surface area contributed by atoms with Crippen LogP contribution in [0, 0.1) is 0 Å². The molecule has 0 spiro atoms. The number of piperazine rings is 1. The monoisotopic (exact) mass is 605 g/mol. The van der Waals surface area contributed by atoms with E-state index in [9.17, 15) is 14.4 Å². The Hall–Kier alpha value is -3.81. The van der Waals surface area contributed by atoms with Crippen LogP contribution in [-0.4, -0.2) is 60.4 Å². The first-order chi connectivity index (χ1) is 20.2. The normalized spacial score (nSPS) is 17.5. The topological polar surface area (TPSA) is 70.2 Å². The minimum Gasteiger partial charge on any atom is -0.463 e. The molecule has 218 valence electrons. The Morgan fingerprint density at radius 3 is 2.21 bits per heavy atom. The second-order valence-electron chi connectivity index (χ2n) is 10.5. The van der Waals surface area contributed by atoms with Gasteiger partial charge in [0.1, 0.15) is 0 Å². The van der Waals surface area contributed by atoms with E-state index in [1.54, 1.807) is 43.0 Å². The predicted octanol–water partition coefficient (Wildman–Crippen LogP) is 6.31. The molecule has 1 unspecified atom stereocenters. The molecule has 9 heteroatoms. The SMILES string of the molecule is CCOC(=O)C1=C(C)N(Cc2ccc(C(=O)N3CCN(c4cccc(Cl)c4)CC3)cc2)C(=O)CC1c1cccc(Cl)c1. The van der Waals surface area contributed by atoms with Gasteiger partial charge < -0.3 is 19.4 Å². The lowest BCUT2D eigenvalue weighted by Gasteiger charge is -2.36. The summed E-state index contributed by atoms with van der Waals surface area (Å²) in [6.45, 7) is 6.74. The van der Waals surface area contributed by atoms with Gasteiger partial charge in [-0.1, -0.05) is 53.5 Å². The number of allylic oxidation sites excluding steroid dienone is 1. The number of nitrogens with zero attached hydrogens (tertiary/aromatic N) is 3. The van der Waals surface area contributed by atoms with Gasteiger partial charge in [-0.3, -0.25) is 9.59 Å². The standard InChI is InChI=1S/C33H33Cl2N3O4/c1-3-42-33(41)31-22(2)38(30(39)20-29(31)25-6-4-7-26(34)18-25)21-23-10-12-24(13-11-23)32(40)37-16-14-36(15-17-37)28-9-5-8-27(35)19-28/h4-13,18-19,29H,3,14-17,20-21H2,1-2H3. The quantitative estimate of drug-likeness (QED) is 0.295. The molecule has 0 bridgehead atoms. The molecule has 2 heterocycles. The van der Waals surface area contributed by atoms with Crippen molar-refractivity contribution in [3.8, 4) is 0 Å². The maximum Gasteiger partial charge on any atom is 0.336 e. The van der Waals surface area contributed by atoms with Gasteiger partial charge in [0.05, 0.1) is 18.7 Å². The number of hydrogen-bond acceptors (Lipinski definition) is 5. The molecule has 2 amide bonds. The fourth-order valence-electron chi connectivity index (χ4n) is 5.64. The lowest BCUT2D eigenvalue weighted by molar-refractivity contribution is -0.140. The number of carbonyl (C=O) groups is 3. The summed E-state index contributed by atoms with van der Waals surface area (Å²) in [6, 6.07) is 22.3. The molecule has 1 fully saturated rings. The first-order valence-corrected chi connectivity index (χ1v) is 14.8. The molecule has 2 aliphatic heterocycles. The molecular weight excluding hydrogens is 573 g/mol. The average molecular weight is 607 g/mol. The summed E-state index contributed by atoms with van der Waals surface area (Å²) in [7, 11) is 0. The van der Waals surface area contributed by atoms with Crippen LogP contribution < -0.4 is 4.90 Å². The number of carbonyl (C=O) groups excluding carboxylic acids is 3. The Morgan fingerprint density at radius 2 is 1.57 bits per heavy atom. The van der Waals surface area contributed by atoms with E-state index in [2.05, 4.69) is 4.90 Å². The van der Waals surface area contributed by atoms with Crippen LogP contribution in [0.2, 0.25) is 10.0 Å². The maximum absolute atomic E-state index is 13.4. The molecule has 0 aliphatic carbocycles. The van der Waals surface area contributed by atoms with Crippen LogP contribution in [0.15, 0.2) is 84.1 Å². The predicted molar refractivity (Wildman–Crippen MR) is 165 cm³/mol. The Bertz CT molecular complexity index is 1510. The number of amides is 2. The Kier molecular flexibility index (Phi) is 9.19. The fourth-order valence-corrected chi connectivity index (χ4v) is 6.03. The minimum absolute atomic E-state index is 0.0219. The summed E-state index contributed by atoms with van der Waals surface area (Å²) < 4.78 is 5.39. The van der Waals surface area contributed by atoms with E-state index in [-0.39, 0.29) is 31.4 Å². The molecule has 0 N–H and O–H groups in total. The molecule has 3 aromatic carbocycles. The van der Waals surface area contributed by atoms with Gasteiger partial charge in [0.2, 0.25) is 5.91 Å². The zero-order valence-electron chi connectivity index (χ0n) is 23.7. The van der Waals surface area contributed by atoms with Crippen molar-refractivity contribution in [2.75, 3.05) is 37.7 Å². The number of benzene rings is 3. The number of anilines is 1. The first-order valence-electron chi connectivity index (χ1n) is 14.1. The van der Waals surface area contributed by atoms with Gasteiger partial charge in [-0.05, 0) is 67.4 Å². The van der Waals surface area contributed by atoms with Crippen molar-refractivity contribution >= 4 is 46.7 Å². The minimum atomic E-state index is -0.439. The molecule has 1 saturated heterocycles. The van der Waals surface area contributed by atoms with Gasteiger partial charge in [0.25, 0.3) is 5.91 Å². The number of hydrogen-bond donors (Lipinski definition) is 0. The number of esters is 1. The lowest BCUT2D eigenvalue weighted by atomic mass is 9.83. The van der Waals surface area contributed by atoms with E-state index >= 15 is 0 Å². The highest BCUT2D eigenvalue weighted by Gasteiger charge is 2.37. The van der Waals surface area contributed by atoms with Crippen LogP contribution in [-0.2, 0) is 20.9 Å². The Morgan fingerprint density at radius 1 is 0.905 bits per heavy atom. The second-order valence-corrected chi connectivity index (χ2v) is 11.3. The van der Waals surface area contributed by atoms with Crippen LogP contribution in [0.25, 0.3) is 0 Å². The largest absolute Gasteiger partial charge is 0.463 e. The Labute approximate surface area is 256 Å². The van der Waals surface area contributed by atoms with Crippen molar-refractivity contribution in [2.24, 2.45) is 0 Å². The molecule has 1 atom stereocenters. The zero-order valence-corrected chi connectivity index (χ0v) is 25.2. The fraction of sp³-hybridized carbons (Fsp3) is 0.303. The van der Waals surface area contributed by atoms with Crippen molar-refractivity contribution < 1.29 is 19.1 Å². The molecule has 0 aromatic heterocycles. The number of halogens is 2. The highest BCUT2D eigenvalue weighted by molar-refractivity contribution is 6.31. The summed E-state index contributed by atoms with van der Waals surface area (Å²) in [6.07, 6.45) is 0.129. The van der Waals surface area contributed by atoms with Gasteiger partial charge in [0, 0.05) is 65.5 Å². The van der Waals surface area contributed by atoms with Crippen molar-refractivity contribution in [1.29, 1.82) is 0 Å². The maximum atomic E-state index is 13.4. The molecule has 0 radical (unpaired) electrons. The van der Waals surface area contributed by atoms with Gasteiger partial charge >= 0.3 is 5.97 Å².